The first-order valence-corrected chi connectivity index (χ1v) is 5.99. The molecule has 0 aromatic rings. The Kier molecular flexibility index (Phi) is 2.68. The standard InChI is InChI=1S/C13H22O2/c1-12(2,3)9-7-10(14)13-8-5-4-6-11(13)15-13/h7,9-11,14H,4-6,8H2,1-3H3/b9-7+. The third-order valence-electron chi connectivity index (χ3n) is 3.41. The van der Waals surface area contributed by atoms with Crippen LogP contribution < -0.4 is 0 Å². The Morgan fingerprint density at radius 3 is 2.73 bits per heavy atom. The van der Waals surface area contributed by atoms with Crippen LogP contribution in [0.5, 0.6) is 0 Å². The minimum absolute atomic E-state index is 0.136. The van der Waals surface area contributed by atoms with Crippen molar-refractivity contribution in [3.63, 3.8) is 0 Å². The first kappa shape index (κ1) is 11.2. The molecule has 1 heterocycles. The van der Waals surface area contributed by atoms with Crippen LogP contribution in [0.15, 0.2) is 12.2 Å². The number of aliphatic hydroxyl groups is 1. The summed E-state index contributed by atoms with van der Waals surface area (Å²) in [5, 5.41) is 10.1. The first-order valence-electron chi connectivity index (χ1n) is 5.99. The number of ether oxygens (including phenoxy) is 1. The Hall–Kier alpha value is -0.340. The van der Waals surface area contributed by atoms with Crippen LogP contribution in [0.2, 0.25) is 0 Å². The van der Waals surface area contributed by atoms with Gasteiger partial charge in [0.25, 0.3) is 0 Å². The van der Waals surface area contributed by atoms with Gasteiger partial charge in [0.05, 0.1) is 6.10 Å². The van der Waals surface area contributed by atoms with Gasteiger partial charge in [-0.2, -0.15) is 0 Å². The van der Waals surface area contributed by atoms with Gasteiger partial charge in [-0.1, -0.05) is 45.8 Å². The van der Waals surface area contributed by atoms with Gasteiger partial charge in [0, 0.05) is 0 Å². The second-order valence-electron chi connectivity index (χ2n) is 5.98. The number of rotatable bonds is 2. The van der Waals surface area contributed by atoms with Gasteiger partial charge in [0.2, 0.25) is 0 Å². The molecule has 2 fully saturated rings. The predicted molar refractivity (Wildman–Crippen MR) is 60.7 cm³/mol. The minimum Gasteiger partial charge on any atom is -0.386 e. The molecule has 3 unspecified atom stereocenters. The molecule has 2 heteroatoms. The van der Waals surface area contributed by atoms with Gasteiger partial charge in [0.15, 0.2) is 0 Å². The van der Waals surface area contributed by atoms with Gasteiger partial charge in [0.1, 0.15) is 11.7 Å². The minimum atomic E-state index is -0.415. The van der Waals surface area contributed by atoms with E-state index in [0.717, 1.165) is 12.8 Å². The van der Waals surface area contributed by atoms with Crippen molar-refractivity contribution in [3.8, 4) is 0 Å². The molecule has 0 aromatic heterocycles. The van der Waals surface area contributed by atoms with Crippen molar-refractivity contribution < 1.29 is 9.84 Å². The predicted octanol–water partition coefficient (Wildman–Crippen LogP) is 2.66. The van der Waals surface area contributed by atoms with Crippen molar-refractivity contribution in [2.24, 2.45) is 5.41 Å². The Morgan fingerprint density at radius 2 is 2.13 bits per heavy atom. The second kappa shape index (κ2) is 3.60. The molecule has 0 spiro atoms. The highest BCUT2D eigenvalue weighted by atomic mass is 16.6. The van der Waals surface area contributed by atoms with Gasteiger partial charge in [-0.05, 0) is 18.3 Å². The van der Waals surface area contributed by atoms with Gasteiger partial charge in [-0.25, -0.2) is 0 Å². The summed E-state index contributed by atoms with van der Waals surface area (Å²) in [5.74, 6) is 0. The van der Waals surface area contributed by atoms with Crippen molar-refractivity contribution in [2.45, 2.75) is 64.3 Å². The summed E-state index contributed by atoms with van der Waals surface area (Å²) in [6.07, 6.45) is 8.51. The maximum absolute atomic E-state index is 10.1. The van der Waals surface area contributed by atoms with E-state index in [-0.39, 0.29) is 11.0 Å². The fourth-order valence-corrected chi connectivity index (χ4v) is 2.44. The van der Waals surface area contributed by atoms with Crippen molar-refractivity contribution in [1.29, 1.82) is 0 Å². The van der Waals surface area contributed by atoms with E-state index in [1.165, 1.54) is 12.8 Å². The lowest BCUT2D eigenvalue weighted by molar-refractivity contribution is 0.103. The molecule has 2 rings (SSSR count). The van der Waals surface area contributed by atoms with Crippen LogP contribution in [0.4, 0.5) is 0 Å². The Labute approximate surface area is 92.3 Å². The summed E-state index contributed by atoms with van der Waals surface area (Å²) < 4.78 is 5.69. The number of hydrogen-bond donors (Lipinski definition) is 1. The second-order valence-corrected chi connectivity index (χ2v) is 5.98. The highest BCUT2D eigenvalue weighted by Crippen LogP contribution is 2.50. The maximum Gasteiger partial charge on any atom is 0.124 e. The fourth-order valence-electron chi connectivity index (χ4n) is 2.44. The molecular formula is C13H22O2. The molecule has 0 bridgehead atoms. The molecule has 2 nitrogen and oxygen atoms in total. The van der Waals surface area contributed by atoms with Gasteiger partial charge >= 0.3 is 0 Å². The maximum atomic E-state index is 10.1. The van der Waals surface area contributed by atoms with E-state index in [0.29, 0.717) is 6.10 Å². The Morgan fingerprint density at radius 1 is 1.40 bits per heavy atom. The molecule has 1 aliphatic carbocycles. The molecule has 0 amide bonds. The summed E-state index contributed by atoms with van der Waals surface area (Å²) in [6.45, 7) is 6.42. The molecule has 1 aliphatic heterocycles. The molecule has 2 aliphatic rings. The van der Waals surface area contributed by atoms with Crippen LogP contribution in [0, 0.1) is 5.41 Å². The van der Waals surface area contributed by atoms with E-state index >= 15 is 0 Å². The lowest BCUT2D eigenvalue weighted by Gasteiger charge is -2.21. The number of fused-ring (bicyclic) bond motifs is 1. The molecule has 1 N–H and O–H groups in total. The summed E-state index contributed by atoms with van der Waals surface area (Å²) in [7, 11) is 0. The SMILES string of the molecule is CC(C)(C)/C=C/C(O)C12CCCCC1O2. The molecule has 0 aromatic carbocycles. The zero-order chi connectivity index (χ0) is 11.1. The molecule has 15 heavy (non-hydrogen) atoms. The van der Waals surface area contributed by atoms with Crippen LogP contribution in [0.25, 0.3) is 0 Å². The van der Waals surface area contributed by atoms with Crippen LogP contribution in [-0.2, 0) is 4.74 Å². The Balaban J connectivity index is 1.97. The summed E-state index contributed by atoms with van der Waals surface area (Å²) in [4.78, 5) is 0. The lowest BCUT2D eigenvalue weighted by atomic mass is 9.84. The zero-order valence-corrected chi connectivity index (χ0v) is 9.99. The van der Waals surface area contributed by atoms with E-state index in [1.54, 1.807) is 0 Å². The number of allylic oxidation sites excluding steroid dienone is 1. The van der Waals surface area contributed by atoms with Crippen molar-refractivity contribution in [2.75, 3.05) is 0 Å². The van der Waals surface area contributed by atoms with Crippen molar-refractivity contribution in [1.82, 2.24) is 0 Å². The monoisotopic (exact) mass is 210 g/mol. The lowest BCUT2D eigenvalue weighted by Crippen LogP contribution is -2.33. The molecule has 3 atom stereocenters. The topological polar surface area (TPSA) is 32.8 Å². The highest BCUT2D eigenvalue weighted by molar-refractivity contribution is 5.16. The normalized spacial score (nSPS) is 37.7. The molecule has 1 saturated carbocycles. The first-order chi connectivity index (χ1) is 6.94. The number of hydrogen-bond acceptors (Lipinski definition) is 2. The van der Waals surface area contributed by atoms with Crippen molar-refractivity contribution in [3.05, 3.63) is 12.2 Å². The van der Waals surface area contributed by atoms with E-state index in [9.17, 15) is 5.11 Å². The third-order valence-corrected chi connectivity index (χ3v) is 3.41. The Bertz CT molecular complexity index is 264. The van der Waals surface area contributed by atoms with E-state index in [1.807, 2.05) is 6.08 Å². The van der Waals surface area contributed by atoms with Crippen LogP contribution >= 0.6 is 0 Å². The summed E-state index contributed by atoms with van der Waals surface area (Å²) >= 11 is 0. The van der Waals surface area contributed by atoms with Gasteiger partial charge in [-0.15, -0.1) is 0 Å². The third kappa shape index (κ3) is 2.26. The molecular weight excluding hydrogens is 188 g/mol. The summed E-state index contributed by atoms with van der Waals surface area (Å²) in [6, 6.07) is 0. The van der Waals surface area contributed by atoms with E-state index in [2.05, 4.69) is 26.8 Å². The van der Waals surface area contributed by atoms with Crippen LogP contribution in [-0.4, -0.2) is 22.9 Å². The van der Waals surface area contributed by atoms with Crippen LogP contribution in [0.3, 0.4) is 0 Å². The quantitative estimate of drug-likeness (QED) is 0.561. The average Bonchev–Trinajstić information content (AvgIpc) is 2.88. The average molecular weight is 210 g/mol. The van der Waals surface area contributed by atoms with Gasteiger partial charge < -0.3 is 9.84 Å². The summed E-state index contributed by atoms with van der Waals surface area (Å²) in [5.41, 5.74) is -0.0727. The highest BCUT2D eigenvalue weighted by Gasteiger charge is 2.60. The van der Waals surface area contributed by atoms with E-state index in [4.69, 9.17) is 4.74 Å². The van der Waals surface area contributed by atoms with E-state index < -0.39 is 6.10 Å². The number of epoxide rings is 1. The molecule has 0 radical (unpaired) electrons. The van der Waals surface area contributed by atoms with Gasteiger partial charge in [-0.3, -0.25) is 0 Å². The largest absolute Gasteiger partial charge is 0.386 e. The molecule has 86 valence electrons. The van der Waals surface area contributed by atoms with Crippen molar-refractivity contribution >= 4 is 0 Å². The zero-order valence-electron chi connectivity index (χ0n) is 9.99. The number of aliphatic hydroxyl groups excluding tert-OH is 1. The molecule has 1 saturated heterocycles. The fraction of sp³-hybridized carbons (Fsp3) is 0.846. The van der Waals surface area contributed by atoms with Crippen LogP contribution in [0.1, 0.15) is 46.5 Å². The smallest absolute Gasteiger partial charge is 0.124 e.